The molecule has 13 aromatic rings. The van der Waals surface area contributed by atoms with E-state index in [4.69, 9.17) is 23.2 Å². The van der Waals surface area contributed by atoms with Crippen molar-refractivity contribution in [2.75, 3.05) is 7.11 Å². The first kappa shape index (κ1) is 126. The first-order chi connectivity index (χ1) is 64.1. The number of rotatable bonds is 14. The lowest BCUT2D eigenvalue weighted by Gasteiger charge is -2.09. The molecule has 137 heavy (non-hydrogen) atoms. The van der Waals surface area contributed by atoms with E-state index in [9.17, 15) is 4.79 Å². The summed E-state index contributed by atoms with van der Waals surface area (Å²) in [5.41, 5.74) is 34.5. The maximum atomic E-state index is 11.2. The average molecular weight is 2020 g/mol. The van der Waals surface area contributed by atoms with Gasteiger partial charge in [-0.3, -0.25) is 0 Å². The molecular formula is C131H178Br2Cl2O2. The number of methoxy groups -OCH3 is 1. The van der Waals surface area contributed by atoms with Crippen LogP contribution in [0.15, 0.2) is 300 Å². The summed E-state index contributed by atoms with van der Waals surface area (Å²) < 4.78 is 6.98. The first-order valence-electron chi connectivity index (χ1n) is 49.9. The predicted molar refractivity (Wildman–Crippen MR) is 621 cm³/mol. The number of halogens is 4. The largest absolute Gasteiger partial charge is 0.465 e. The van der Waals surface area contributed by atoms with Gasteiger partial charge in [-0.25, -0.2) is 4.79 Å². The van der Waals surface area contributed by atoms with Crippen LogP contribution in [-0.4, -0.2) is 13.1 Å². The van der Waals surface area contributed by atoms with Gasteiger partial charge in [-0.05, 0) is 309 Å². The maximum Gasteiger partial charge on any atom is 0.337 e. The van der Waals surface area contributed by atoms with Crippen molar-refractivity contribution in [3.05, 3.63) is 455 Å². The third-order valence-corrected chi connectivity index (χ3v) is 24.5. The highest BCUT2D eigenvalue weighted by molar-refractivity contribution is 9.10. The Balaban J connectivity index is 0.000000743. The molecule has 0 atom stereocenters. The second-order valence-corrected chi connectivity index (χ2v) is 43.2. The van der Waals surface area contributed by atoms with Crippen molar-refractivity contribution < 1.29 is 9.53 Å². The van der Waals surface area contributed by atoms with Gasteiger partial charge in [0.15, 0.2) is 0 Å². The van der Waals surface area contributed by atoms with E-state index in [1.807, 2.05) is 49.4 Å². The Hall–Kier alpha value is -9.13. The van der Waals surface area contributed by atoms with Crippen LogP contribution in [0, 0.1) is 83.1 Å². The van der Waals surface area contributed by atoms with Gasteiger partial charge in [0.2, 0.25) is 0 Å². The minimum absolute atomic E-state index is 0.275. The summed E-state index contributed by atoms with van der Waals surface area (Å²) in [6, 6.07) is 102. The van der Waals surface area contributed by atoms with Crippen molar-refractivity contribution in [2.45, 2.75) is 340 Å². The molecule has 0 aliphatic rings. The lowest BCUT2D eigenvalue weighted by molar-refractivity contribution is 0.0600. The van der Waals surface area contributed by atoms with Crippen LogP contribution in [0.5, 0.6) is 0 Å². The van der Waals surface area contributed by atoms with Crippen molar-refractivity contribution in [3.8, 4) is 0 Å². The highest BCUT2D eigenvalue weighted by atomic mass is 79.9. The molecule has 2 nitrogen and oxygen atoms in total. The van der Waals surface area contributed by atoms with Crippen LogP contribution in [-0.2, 0) is 4.74 Å². The van der Waals surface area contributed by atoms with Gasteiger partial charge in [0.25, 0.3) is 0 Å². The van der Waals surface area contributed by atoms with Crippen LogP contribution in [0.3, 0.4) is 0 Å². The standard InChI is InChI=1S/C11H14O2.C11H16.C10H13Br.2C10H13Cl.7C10H14.C9H11Br/c1-8(2)9-5-4-6-10(7-9)11(12)13-3;1-8(2)11-6-5-9(3)7-10(11)4;2*1-7(2)9-4-8(3)5-10(11)6-9;1-7(2)9-5-4-8(3)10(11)6-9;4*1-8(2)10-6-4-9(3)5-7-10;3*1-8(2)10-6-4-5-9(3)7-10;1-7(2)8-4-3-5-9(10)6-8/h4-8H,1-3H3;5-8H,1-4H3;3*4-7H,1-3H3;7*4-8H,1-3H3;3-7H,1-2H3. The number of carbonyl (C=O) groups excluding carboxylic acids is 1. The highest BCUT2D eigenvalue weighted by Crippen LogP contribution is 2.28. The van der Waals surface area contributed by atoms with Crippen LogP contribution in [0.25, 0.3) is 0 Å². The van der Waals surface area contributed by atoms with Gasteiger partial charge in [-0.1, -0.05) is 516 Å². The van der Waals surface area contributed by atoms with Gasteiger partial charge >= 0.3 is 5.97 Å². The summed E-state index contributed by atoms with van der Waals surface area (Å²) in [5, 5.41) is 1.71. The van der Waals surface area contributed by atoms with Crippen LogP contribution in [0.2, 0.25) is 10.0 Å². The molecule has 6 heteroatoms. The van der Waals surface area contributed by atoms with E-state index in [1.165, 1.54) is 144 Å². The molecule has 742 valence electrons. The summed E-state index contributed by atoms with van der Waals surface area (Å²) in [4.78, 5) is 11.2. The molecule has 0 bridgehead atoms. The van der Waals surface area contributed by atoms with Crippen molar-refractivity contribution in [3.63, 3.8) is 0 Å². The summed E-state index contributed by atoms with van der Waals surface area (Å²) in [5.74, 6) is 7.74. The minimum atomic E-state index is -0.275. The molecule has 0 unspecified atom stereocenters. The quantitative estimate of drug-likeness (QED) is 0.101. The van der Waals surface area contributed by atoms with Gasteiger partial charge < -0.3 is 4.74 Å². The van der Waals surface area contributed by atoms with E-state index in [-0.39, 0.29) is 5.97 Å². The van der Waals surface area contributed by atoms with E-state index >= 15 is 0 Å². The number of ether oxygens (including phenoxy) is 1. The third-order valence-electron chi connectivity index (χ3n) is 23.0. The zero-order valence-electron chi connectivity index (χ0n) is 92.0. The molecule has 0 radical (unpaired) electrons. The zero-order valence-corrected chi connectivity index (χ0v) is 96.7. The Morgan fingerprint density at radius 2 is 0.467 bits per heavy atom. The molecular weight excluding hydrogens is 1840 g/mol. The lowest BCUT2D eigenvalue weighted by atomic mass is 9.97. The Labute approximate surface area is 865 Å². The second-order valence-electron chi connectivity index (χ2n) is 40.6. The van der Waals surface area contributed by atoms with Crippen molar-refractivity contribution in [1.82, 2.24) is 0 Å². The van der Waals surface area contributed by atoms with Gasteiger partial charge in [-0.15, -0.1) is 0 Å². The smallest absolute Gasteiger partial charge is 0.337 e. The molecule has 0 saturated heterocycles. The van der Waals surface area contributed by atoms with Crippen LogP contribution < -0.4 is 0 Å². The number of esters is 1. The molecule has 0 spiro atoms. The summed E-state index contributed by atoms with van der Waals surface area (Å²) in [6.07, 6.45) is 0. The number of hydrogen-bond donors (Lipinski definition) is 0. The number of aryl methyl sites for hydroxylation is 12. The summed E-state index contributed by atoms with van der Waals surface area (Å²) >= 11 is 18.8. The van der Waals surface area contributed by atoms with E-state index in [0.717, 1.165) is 21.2 Å². The number of benzene rings is 13. The van der Waals surface area contributed by atoms with Crippen molar-refractivity contribution in [2.24, 2.45) is 0 Å². The van der Waals surface area contributed by atoms with E-state index in [2.05, 4.69) is 535 Å². The molecule has 0 aliphatic carbocycles. The lowest BCUT2D eigenvalue weighted by Crippen LogP contribution is -2.01. The normalized spacial score (nSPS) is 10.5. The van der Waals surface area contributed by atoms with Crippen LogP contribution >= 0.6 is 55.1 Å². The molecule has 0 fully saturated rings. The third kappa shape index (κ3) is 55.5. The molecule has 13 aromatic carbocycles. The summed E-state index contributed by atoms with van der Waals surface area (Å²) in [7, 11) is 1.39. The van der Waals surface area contributed by atoms with Crippen molar-refractivity contribution >= 4 is 61.0 Å². The van der Waals surface area contributed by atoms with Gasteiger partial charge in [-0.2, -0.15) is 0 Å². The maximum absolute atomic E-state index is 11.2. The molecule has 0 aliphatic heterocycles. The number of hydrogen-bond acceptors (Lipinski definition) is 2. The monoisotopic (exact) mass is 2010 g/mol. The topological polar surface area (TPSA) is 26.3 Å². The fourth-order valence-electron chi connectivity index (χ4n) is 13.5. The minimum Gasteiger partial charge on any atom is -0.465 e. The summed E-state index contributed by atoms with van der Waals surface area (Å²) in [6.45, 7) is 82.5. The molecule has 0 amide bonds. The Morgan fingerprint density at radius 1 is 0.212 bits per heavy atom. The molecule has 0 aromatic heterocycles. The van der Waals surface area contributed by atoms with Gasteiger partial charge in [0.1, 0.15) is 0 Å². The van der Waals surface area contributed by atoms with Crippen molar-refractivity contribution in [1.29, 1.82) is 0 Å². The Kier molecular flexibility index (Phi) is 62.5. The predicted octanol–water partition coefficient (Wildman–Crippen LogP) is 42.8. The second kappa shape index (κ2) is 68.0. The zero-order chi connectivity index (χ0) is 104. The highest BCUT2D eigenvalue weighted by Gasteiger charge is 2.10. The fourth-order valence-corrected chi connectivity index (χ4v) is 15.1. The SMILES string of the molecule is CC(C)c1cccc(Br)c1.COC(=O)c1cccc(C(C)C)c1.Cc1cc(Br)cc(C(C)C)c1.Cc1cc(Cl)cc(C(C)C)c1.Cc1ccc(C(C)C)c(C)c1.Cc1ccc(C(C)C)cc1.Cc1ccc(C(C)C)cc1.Cc1ccc(C(C)C)cc1.Cc1ccc(C(C)C)cc1.Cc1ccc(C(C)C)cc1Cl.Cc1cccc(C(C)C)c1.Cc1cccc(C(C)C)c1.Cc1cccc(C(C)C)c1. The molecule has 13 rings (SSSR count). The Bertz CT molecular complexity index is 4970. The number of carbonyl (C=O) groups is 1. The first-order valence-corrected chi connectivity index (χ1v) is 52.3. The van der Waals surface area contributed by atoms with Crippen LogP contribution in [0.4, 0.5) is 0 Å². The molecule has 0 N–H and O–H groups in total. The average Bonchev–Trinajstić information content (AvgIpc) is 0.870. The molecule has 0 heterocycles. The Morgan fingerprint density at radius 3 is 0.730 bits per heavy atom. The van der Waals surface area contributed by atoms with E-state index in [1.54, 1.807) is 6.07 Å². The fraction of sp³-hybridized carbons (Fsp3) is 0.397. The van der Waals surface area contributed by atoms with E-state index < -0.39 is 0 Å². The van der Waals surface area contributed by atoms with Gasteiger partial charge in [0, 0.05) is 19.0 Å². The molecule has 0 saturated carbocycles. The van der Waals surface area contributed by atoms with Crippen LogP contribution in [0.1, 0.15) is 406 Å². The van der Waals surface area contributed by atoms with Gasteiger partial charge in [0.05, 0.1) is 12.7 Å². The van der Waals surface area contributed by atoms with E-state index in [0.29, 0.717) is 82.5 Å².